The third kappa shape index (κ3) is 3.20. The predicted molar refractivity (Wildman–Crippen MR) is 92.4 cm³/mol. The van der Waals surface area contributed by atoms with Crippen molar-refractivity contribution >= 4 is 17.3 Å². The number of hydrogen-bond acceptors (Lipinski definition) is 6. The van der Waals surface area contributed by atoms with Gasteiger partial charge in [0, 0.05) is 37.9 Å². The number of ketones is 1. The Hall–Kier alpha value is -2.94. The van der Waals surface area contributed by atoms with Gasteiger partial charge in [0.15, 0.2) is 5.78 Å². The van der Waals surface area contributed by atoms with Gasteiger partial charge in [0.2, 0.25) is 0 Å². The highest BCUT2D eigenvalue weighted by atomic mass is 16.1. The highest BCUT2D eigenvalue weighted by molar-refractivity contribution is 5.95. The SMILES string of the molecule is CC(=O)c1ccc(C#N)c(N2CCN(c3ccnc(C)n3)CC2)c1. The second kappa shape index (κ2) is 6.67. The third-order valence-corrected chi connectivity index (χ3v) is 4.23. The fraction of sp³-hybridized carbons (Fsp3) is 0.333. The first-order valence-corrected chi connectivity index (χ1v) is 7.93. The standard InChI is InChI=1S/C18H19N5O/c1-13(24)15-3-4-16(12-19)17(11-15)22-7-9-23(10-8-22)18-5-6-20-14(2)21-18/h3-6,11H,7-10H2,1-2H3. The molecule has 0 saturated carbocycles. The molecule has 0 aliphatic carbocycles. The number of nitriles is 1. The molecule has 0 spiro atoms. The predicted octanol–water partition coefficient (Wildman–Crippen LogP) is 2.19. The molecule has 1 aromatic heterocycles. The first-order chi connectivity index (χ1) is 11.6. The maximum atomic E-state index is 11.6. The molecule has 3 rings (SSSR count). The summed E-state index contributed by atoms with van der Waals surface area (Å²) in [5.41, 5.74) is 2.08. The quantitative estimate of drug-likeness (QED) is 0.807. The van der Waals surface area contributed by atoms with Gasteiger partial charge in [0.1, 0.15) is 17.7 Å². The van der Waals surface area contributed by atoms with Crippen LogP contribution >= 0.6 is 0 Å². The average Bonchev–Trinajstić information content (AvgIpc) is 2.61. The van der Waals surface area contributed by atoms with Crippen molar-refractivity contribution in [3.05, 3.63) is 47.4 Å². The number of rotatable bonds is 3. The number of carbonyl (C=O) groups is 1. The average molecular weight is 321 g/mol. The minimum absolute atomic E-state index is 0.0100. The second-order valence-corrected chi connectivity index (χ2v) is 5.84. The van der Waals surface area contributed by atoms with Crippen molar-refractivity contribution in [2.75, 3.05) is 36.0 Å². The molecule has 0 N–H and O–H groups in total. The van der Waals surface area contributed by atoms with Crippen molar-refractivity contribution in [1.29, 1.82) is 5.26 Å². The fourth-order valence-corrected chi connectivity index (χ4v) is 2.90. The summed E-state index contributed by atoms with van der Waals surface area (Å²) in [7, 11) is 0. The number of piperazine rings is 1. The monoisotopic (exact) mass is 321 g/mol. The van der Waals surface area contributed by atoms with Crippen LogP contribution in [0.2, 0.25) is 0 Å². The number of Topliss-reactive ketones (excluding diaryl/α,β-unsaturated/α-hetero) is 1. The van der Waals surface area contributed by atoms with Crippen molar-refractivity contribution in [3.8, 4) is 6.07 Å². The number of aryl methyl sites for hydroxylation is 1. The van der Waals surface area contributed by atoms with E-state index in [9.17, 15) is 10.1 Å². The van der Waals surface area contributed by atoms with E-state index in [1.165, 1.54) is 0 Å². The van der Waals surface area contributed by atoms with Crippen LogP contribution in [-0.4, -0.2) is 41.9 Å². The van der Waals surface area contributed by atoms with E-state index in [0.29, 0.717) is 11.1 Å². The van der Waals surface area contributed by atoms with Crippen molar-refractivity contribution in [2.24, 2.45) is 0 Å². The molecular formula is C18H19N5O. The molecule has 122 valence electrons. The fourth-order valence-electron chi connectivity index (χ4n) is 2.90. The van der Waals surface area contributed by atoms with Gasteiger partial charge in [-0.15, -0.1) is 0 Å². The second-order valence-electron chi connectivity index (χ2n) is 5.84. The lowest BCUT2D eigenvalue weighted by Gasteiger charge is -2.37. The van der Waals surface area contributed by atoms with Gasteiger partial charge in [-0.05, 0) is 38.1 Å². The van der Waals surface area contributed by atoms with Crippen LogP contribution in [-0.2, 0) is 0 Å². The van der Waals surface area contributed by atoms with E-state index >= 15 is 0 Å². The van der Waals surface area contributed by atoms with E-state index in [2.05, 4.69) is 25.8 Å². The van der Waals surface area contributed by atoms with Gasteiger partial charge >= 0.3 is 0 Å². The molecule has 6 nitrogen and oxygen atoms in total. The van der Waals surface area contributed by atoms with Gasteiger partial charge in [-0.1, -0.05) is 0 Å². The van der Waals surface area contributed by atoms with Gasteiger partial charge < -0.3 is 9.80 Å². The summed E-state index contributed by atoms with van der Waals surface area (Å²) in [6, 6.07) is 9.40. The van der Waals surface area contributed by atoms with E-state index in [0.717, 1.165) is 43.5 Å². The van der Waals surface area contributed by atoms with E-state index in [1.54, 1.807) is 25.3 Å². The summed E-state index contributed by atoms with van der Waals surface area (Å²) >= 11 is 0. The van der Waals surface area contributed by atoms with Crippen LogP contribution in [0.25, 0.3) is 0 Å². The van der Waals surface area contributed by atoms with Gasteiger partial charge in [-0.3, -0.25) is 4.79 Å². The number of anilines is 2. The summed E-state index contributed by atoms with van der Waals surface area (Å²) in [4.78, 5) is 24.6. The van der Waals surface area contributed by atoms with Crippen LogP contribution in [0, 0.1) is 18.3 Å². The Bertz CT molecular complexity index is 803. The van der Waals surface area contributed by atoms with Gasteiger partial charge in [0.25, 0.3) is 0 Å². The lowest BCUT2D eigenvalue weighted by atomic mass is 10.1. The Morgan fingerprint density at radius 2 is 1.88 bits per heavy atom. The normalized spacial score (nSPS) is 14.4. The van der Waals surface area contributed by atoms with Crippen LogP contribution in [0.4, 0.5) is 11.5 Å². The Morgan fingerprint density at radius 3 is 2.50 bits per heavy atom. The van der Waals surface area contributed by atoms with Crippen LogP contribution < -0.4 is 9.80 Å². The summed E-state index contributed by atoms with van der Waals surface area (Å²) in [5, 5.41) is 9.35. The molecule has 0 bridgehead atoms. The van der Waals surface area contributed by atoms with E-state index in [1.807, 2.05) is 19.1 Å². The summed E-state index contributed by atoms with van der Waals surface area (Å²) in [6.07, 6.45) is 1.77. The molecule has 2 heterocycles. The maximum Gasteiger partial charge on any atom is 0.159 e. The third-order valence-electron chi connectivity index (χ3n) is 4.23. The zero-order valence-corrected chi connectivity index (χ0v) is 13.9. The zero-order chi connectivity index (χ0) is 17.1. The van der Waals surface area contributed by atoms with Crippen molar-refractivity contribution in [2.45, 2.75) is 13.8 Å². The minimum atomic E-state index is 0.0100. The van der Waals surface area contributed by atoms with Gasteiger partial charge in [0.05, 0.1) is 11.3 Å². The zero-order valence-electron chi connectivity index (χ0n) is 13.9. The first kappa shape index (κ1) is 15.9. The highest BCUT2D eigenvalue weighted by Crippen LogP contribution is 2.24. The van der Waals surface area contributed by atoms with Crippen molar-refractivity contribution in [3.63, 3.8) is 0 Å². The minimum Gasteiger partial charge on any atom is -0.367 e. The molecule has 1 fully saturated rings. The molecule has 1 aromatic carbocycles. The Morgan fingerprint density at radius 1 is 1.17 bits per heavy atom. The van der Waals surface area contributed by atoms with Crippen molar-refractivity contribution < 1.29 is 4.79 Å². The Balaban J connectivity index is 1.78. The molecule has 0 radical (unpaired) electrons. The summed E-state index contributed by atoms with van der Waals surface area (Å²) in [5.74, 6) is 1.70. The molecule has 6 heteroatoms. The topological polar surface area (TPSA) is 73.1 Å². The Kier molecular flexibility index (Phi) is 4.43. The van der Waals surface area contributed by atoms with E-state index in [-0.39, 0.29) is 5.78 Å². The number of aromatic nitrogens is 2. The molecule has 1 saturated heterocycles. The lowest BCUT2D eigenvalue weighted by molar-refractivity contribution is 0.101. The molecule has 0 amide bonds. The maximum absolute atomic E-state index is 11.6. The molecule has 0 atom stereocenters. The summed E-state index contributed by atoms with van der Waals surface area (Å²) < 4.78 is 0. The molecular weight excluding hydrogens is 302 g/mol. The number of nitrogens with zero attached hydrogens (tertiary/aromatic N) is 5. The smallest absolute Gasteiger partial charge is 0.159 e. The van der Waals surface area contributed by atoms with Gasteiger partial charge in [-0.25, -0.2) is 9.97 Å². The summed E-state index contributed by atoms with van der Waals surface area (Å²) in [6.45, 7) is 6.60. The van der Waals surface area contributed by atoms with Crippen LogP contribution in [0.1, 0.15) is 28.7 Å². The van der Waals surface area contributed by atoms with Crippen molar-refractivity contribution in [1.82, 2.24) is 9.97 Å². The lowest BCUT2D eigenvalue weighted by Crippen LogP contribution is -2.47. The van der Waals surface area contributed by atoms with Gasteiger partial charge in [-0.2, -0.15) is 5.26 Å². The van der Waals surface area contributed by atoms with E-state index in [4.69, 9.17) is 0 Å². The van der Waals surface area contributed by atoms with Crippen LogP contribution in [0.15, 0.2) is 30.5 Å². The highest BCUT2D eigenvalue weighted by Gasteiger charge is 2.21. The number of benzene rings is 1. The number of carbonyl (C=O) groups excluding carboxylic acids is 1. The first-order valence-electron chi connectivity index (χ1n) is 7.93. The molecule has 24 heavy (non-hydrogen) atoms. The van der Waals surface area contributed by atoms with Crippen LogP contribution in [0.3, 0.4) is 0 Å². The number of hydrogen-bond donors (Lipinski definition) is 0. The van der Waals surface area contributed by atoms with E-state index < -0.39 is 0 Å². The Labute approximate surface area is 141 Å². The van der Waals surface area contributed by atoms with Crippen LogP contribution in [0.5, 0.6) is 0 Å². The molecule has 2 aromatic rings. The molecule has 1 aliphatic heterocycles. The molecule has 0 unspecified atom stereocenters. The molecule has 1 aliphatic rings. The largest absolute Gasteiger partial charge is 0.367 e.